The van der Waals surface area contributed by atoms with Gasteiger partial charge in [-0.05, 0) is 64.2 Å². The van der Waals surface area contributed by atoms with Crippen LogP contribution in [0.15, 0.2) is 36.5 Å². The summed E-state index contributed by atoms with van der Waals surface area (Å²) in [5.41, 5.74) is 0. The number of ether oxygens (including phenoxy) is 1. The third-order valence-electron chi connectivity index (χ3n) is 14.9. The number of allylic oxidation sites excluding steroid dienone is 5. The van der Waals surface area contributed by atoms with Crippen LogP contribution < -0.4 is 5.32 Å². The van der Waals surface area contributed by atoms with Gasteiger partial charge in [0.25, 0.3) is 0 Å². The average Bonchev–Trinajstić information content (AvgIpc) is 3.38. The van der Waals surface area contributed by atoms with Crippen molar-refractivity contribution in [1.29, 1.82) is 0 Å². The van der Waals surface area contributed by atoms with Gasteiger partial charge in [-0.15, -0.1) is 0 Å². The summed E-state index contributed by atoms with van der Waals surface area (Å²) < 4.78 is 5.48. The largest absolute Gasteiger partial charge is 0.466 e. The molecule has 0 saturated heterocycles. The lowest BCUT2D eigenvalue weighted by atomic mass is 10.0. The van der Waals surface area contributed by atoms with Crippen LogP contribution in [0, 0.1) is 0 Å². The van der Waals surface area contributed by atoms with Gasteiger partial charge in [0.05, 0.1) is 25.4 Å². The molecule has 1 amide bonds. The van der Waals surface area contributed by atoms with E-state index in [4.69, 9.17) is 4.74 Å². The van der Waals surface area contributed by atoms with E-state index in [0.29, 0.717) is 19.4 Å². The molecule has 6 nitrogen and oxygen atoms in total. The highest BCUT2D eigenvalue weighted by molar-refractivity contribution is 5.76. The minimum Gasteiger partial charge on any atom is -0.466 e. The molecular formula is C66H125NO5. The predicted octanol–water partition coefficient (Wildman–Crippen LogP) is 20.4. The Kier molecular flexibility index (Phi) is 60.0. The Labute approximate surface area is 449 Å². The summed E-state index contributed by atoms with van der Waals surface area (Å²) in [6.07, 6.45) is 77.6. The molecule has 0 radical (unpaired) electrons. The fraction of sp³-hybridized carbons (Fsp3) is 0.879. The van der Waals surface area contributed by atoms with E-state index in [-0.39, 0.29) is 18.5 Å². The maximum atomic E-state index is 12.5. The van der Waals surface area contributed by atoms with Gasteiger partial charge in [0.1, 0.15) is 0 Å². The zero-order valence-corrected chi connectivity index (χ0v) is 48.4. The molecule has 0 fully saturated rings. The first-order valence-electron chi connectivity index (χ1n) is 32.3. The Morgan fingerprint density at radius 3 is 1.08 bits per heavy atom. The van der Waals surface area contributed by atoms with Crippen molar-refractivity contribution in [1.82, 2.24) is 5.32 Å². The second-order valence-corrected chi connectivity index (χ2v) is 22.1. The first-order chi connectivity index (χ1) is 35.5. The number of hydrogen-bond acceptors (Lipinski definition) is 5. The smallest absolute Gasteiger partial charge is 0.305 e. The lowest BCUT2D eigenvalue weighted by Gasteiger charge is -2.20. The van der Waals surface area contributed by atoms with Crippen molar-refractivity contribution in [3.05, 3.63) is 36.5 Å². The minimum atomic E-state index is -0.859. The highest BCUT2D eigenvalue weighted by Gasteiger charge is 2.18. The first kappa shape index (κ1) is 70.1. The third-order valence-corrected chi connectivity index (χ3v) is 14.9. The monoisotopic (exact) mass is 1010 g/mol. The van der Waals surface area contributed by atoms with E-state index in [9.17, 15) is 19.8 Å². The Morgan fingerprint density at radius 1 is 0.389 bits per heavy atom. The summed E-state index contributed by atoms with van der Waals surface area (Å²) in [5, 5.41) is 23.2. The maximum absolute atomic E-state index is 12.5. The van der Waals surface area contributed by atoms with Crippen molar-refractivity contribution in [3.8, 4) is 0 Å². The SMILES string of the molecule is CCCCC/C=C\C/C=C\CCCCCCCCCCCC(=O)OCCCCCCCCCCCCCC(=O)NC(CO)C(O)/C=C/CCCCCCCCCCCCCCCCCCCCCCCCC. The van der Waals surface area contributed by atoms with Gasteiger partial charge in [0, 0.05) is 12.8 Å². The van der Waals surface area contributed by atoms with E-state index in [2.05, 4.69) is 43.5 Å². The number of nitrogens with one attached hydrogen (secondary N) is 1. The standard InChI is InChI=1S/C66H125NO5/c1-3-5-7-9-11-13-15-17-19-21-23-24-25-26-27-28-30-31-33-35-38-42-46-50-54-58-64(69)63(62-68)67-65(70)59-55-51-47-43-39-37-41-45-49-53-57-61-72-66(71)60-56-52-48-44-40-36-34-32-29-22-20-18-16-14-12-10-8-6-4-2/h12,14,18,20,54,58,63-64,68-69H,3-11,13,15-17,19,21-53,55-57,59-62H2,1-2H3,(H,67,70)/b14-12-,20-18-,58-54+. The lowest BCUT2D eigenvalue weighted by Crippen LogP contribution is -2.45. The molecule has 0 aliphatic carbocycles. The normalized spacial score (nSPS) is 12.8. The van der Waals surface area contributed by atoms with Crippen LogP contribution >= 0.6 is 0 Å². The molecule has 0 aliphatic heterocycles. The second kappa shape index (κ2) is 61.6. The van der Waals surface area contributed by atoms with Crippen molar-refractivity contribution in [2.24, 2.45) is 0 Å². The van der Waals surface area contributed by atoms with Crippen LogP contribution in [0.5, 0.6) is 0 Å². The van der Waals surface area contributed by atoms with Crippen molar-refractivity contribution < 1.29 is 24.5 Å². The zero-order chi connectivity index (χ0) is 52.2. The molecule has 0 aromatic carbocycles. The molecule has 424 valence electrons. The number of hydrogen-bond donors (Lipinski definition) is 3. The second-order valence-electron chi connectivity index (χ2n) is 22.1. The molecule has 6 heteroatoms. The van der Waals surface area contributed by atoms with Crippen LogP contribution in [-0.4, -0.2) is 47.4 Å². The number of carbonyl (C=O) groups is 2. The van der Waals surface area contributed by atoms with Crippen molar-refractivity contribution >= 4 is 11.9 Å². The molecule has 0 rings (SSSR count). The fourth-order valence-electron chi connectivity index (χ4n) is 9.96. The van der Waals surface area contributed by atoms with Crippen LogP contribution in [0.2, 0.25) is 0 Å². The summed E-state index contributed by atoms with van der Waals surface area (Å²) in [5.74, 6) is -0.102. The highest BCUT2D eigenvalue weighted by atomic mass is 16.5. The average molecular weight is 1010 g/mol. The van der Waals surface area contributed by atoms with Crippen molar-refractivity contribution in [2.75, 3.05) is 13.2 Å². The lowest BCUT2D eigenvalue weighted by molar-refractivity contribution is -0.143. The van der Waals surface area contributed by atoms with Crippen LogP contribution in [0.4, 0.5) is 0 Å². The number of aliphatic hydroxyl groups excluding tert-OH is 2. The minimum absolute atomic E-state index is 0.0183. The molecule has 2 unspecified atom stereocenters. The molecule has 72 heavy (non-hydrogen) atoms. The molecule has 2 atom stereocenters. The zero-order valence-electron chi connectivity index (χ0n) is 48.4. The summed E-state index contributed by atoms with van der Waals surface area (Å²) >= 11 is 0. The number of aliphatic hydroxyl groups is 2. The summed E-state index contributed by atoms with van der Waals surface area (Å²) in [4.78, 5) is 24.6. The molecular weight excluding hydrogens is 887 g/mol. The number of amides is 1. The van der Waals surface area contributed by atoms with Crippen molar-refractivity contribution in [3.63, 3.8) is 0 Å². The Balaban J connectivity index is 3.48. The molecule has 0 aromatic heterocycles. The predicted molar refractivity (Wildman–Crippen MR) is 315 cm³/mol. The Bertz CT molecular complexity index is 1170. The molecule has 0 aromatic rings. The number of esters is 1. The molecule has 0 bridgehead atoms. The number of carbonyl (C=O) groups excluding carboxylic acids is 2. The third kappa shape index (κ3) is 57.4. The number of unbranched alkanes of at least 4 members (excludes halogenated alkanes) is 45. The van der Waals surface area contributed by atoms with E-state index in [1.807, 2.05) is 6.08 Å². The molecule has 0 saturated carbocycles. The first-order valence-corrected chi connectivity index (χ1v) is 32.3. The van der Waals surface area contributed by atoms with Crippen LogP contribution in [0.3, 0.4) is 0 Å². The van der Waals surface area contributed by atoms with E-state index in [0.717, 1.165) is 64.2 Å². The Hall–Kier alpha value is -1.92. The van der Waals surface area contributed by atoms with E-state index in [1.54, 1.807) is 6.08 Å². The van der Waals surface area contributed by atoms with Crippen LogP contribution in [0.25, 0.3) is 0 Å². The van der Waals surface area contributed by atoms with E-state index in [1.165, 1.54) is 257 Å². The van der Waals surface area contributed by atoms with Gasteiger partial charge in [-0.3, -0.25) is 9.59 Å². The Morgan fingerprint density at radius 2 is 0.694 bits per heavy atom. The topological polar surface area (TPSA) is 95.9 Å². The summed E-state index contributed by atoms with van der Waals surface area (Å²) in [6.45, 7) is 4.86. The molecule has 0 spiro atoms. The molecule has 0 heterocycles. The van der Waals surface area contributed by atoms with Gasteiger partial charge in [0.15, 0.2) is 0 Å². The summed E-state index contributed by atoms with van der Waals surface area (Å²) in [7, 11) is 0. The van der Waals surface area contributed by atoms with Gasteiger partial charge < -0.3 is 20.3 Å². The number of rotatable bonds is 60. The van der Waals surface area contributed by atoms with Crippen LogP contribution in [-0.2, 0) is 14.3 Å². The quantitative estimate of drug-likeness (QED) is 0.0320. The highest BCUT2D eigenvalue weighted by Crippen LogP contribution is 2.18. The van der Waals surface area contributed by atoms with E-state index >= 15 is 0 Å². The molecule has 0 aliphatic rings. The van der Waals surface area contributed by atoms with Gasteiger partial charge >= 0.3 is 5.97 Å². The van der Waals surface area contributed by atoms with Gasteiger partial charge in [-0.25, -0.2) is 0 Å². The van der Waals surface area contributed by atoms with E-state index < -0.39 is 12.1 Å². The summed E-state index contributed by atoms with van der Waals surface area (Å²) in [6, 6.07) is -0.644. The van der Waals surface area contributed by atoms with Gasteiger partial charge in [-0.1, -0.05) is 307 Å². The molecule has 3 N–H and O–H groups in total. The van der Waals surface area contributed by atoms with Gasteiger partial charge in [-0.2, -0.15) is 0 Å². The van der Waals surface area contributed by atoms with Crippen molar-refractivity contribution in [2.45, 2.75) is 360 Å². The fourth-order valence-corrected chi connectivity index (χ4v) is 9.96. The maximum Gasteiger partial charge on any atom is 0.305 e. The van der Waals surface area contributed by atoms with Crippen LogP contribution in [0.1, 0.15) is 348 Å². The van der Waals surface area contributed by atoms with Gasteiger partial charge in [0.2, 0.25) is 5.91 Å².